The summed E-state index contributed by atoms with van der Waals surface area (Å²) in [5, 5.41) is 3.17. The van der Waals surface area contributed by atoms with Gasteiger partial charge in [-0.3, -0.25) is 9.59 Å². The van der Waals surface area contributed by atoms with E-state index in [1.54, 1.807) is 32.0 Å². The summed E-state index contributed by atoms with van der Waals surface area (Å²) in [6.45, 7) is 1.98. The molecule has 1 unspecified atom stereocenters. The molecule has 0 bridgehead atoms. The second kappa shape index (κ2) is 9.25. The second-order valence-corrected chi connectivity index (χ2v) is 6.34. The van der Waals surface area contributed by atoms with Crippen LogP contribution in [0.3, 0.4) is 0 Å². The fourth-order valence-corrected chi connectivity index (χ4v) is 2.82. The zero-order chi connectivity index (χ0) is 19.1. The van der Waals surface area contributed by atoms with E-state index < -0.39 is 6.04 Å². The lowest BCUT2D eigenvalue weighted by molar-refractivity contribution is -0.139. The van der Waals surface area contributed by atoms with E-state index in [0.717, 1.165) is 16.9 Å². The number of carbonyl (C=O) groups is 2. The molecule has 0 saturated carbocycles. The average molecular weight is 375 g/mol. The number of benzene rings is 2. The van der Waals surface area contributed by atoms with Crippen LogP contribution in [0.2, 0.25) is 5.02 Å². The standard InChI is InChI=1S/C20H23ClN2O3/c1-14(20(25)22-2)23(13-16-6-4-5-7-18(16)21)19(24)12-15-8-10-17(26-3)11-9-15/h4-11,14H,12-13H2,1-3H3,(H,22,25). The van der Waals surface area contributed by atoms with Crippen LogP contribution in [0.1, 0.15) is 18.1 Å². The lowest BCUT2D eigenvalue weighted by atomic mass is 10.1. The normalized spacial score (nSPS) is 11.5. The zero-order valence-corrected chi connectivity index (χ0v) is 15.9. The molecule has 1 atom stereocenters. The molecule has 2 aromatic rings. The molecule has 0 aliphatic rings. The fraction of sp³-hybridized carbons (Fsp3) is 0.300. The second-order valence-electron chi connectivity index (χ2n) is 5.93. The van der Waals surface area contributed by atoms with E-state index in [1.165, 1.54) is 0 Å². The van der Waals surface area contributed by atoms with E-state index in [9.17, 15) is 9.59 Å². The summed E-state index contributed by atoms with van der Waals surface area (Å²) in [6.07, 6.45) is 0.190. The van der Waals surface area contributed by atoms with Crippen molar-refractivity contribution in [2.24, 2.45) is 0 Å². The van der Waals surface area contributed by atoms with Crippen LogP contribution in [-0.2, 0) is 22.6 Å². The maximum atomic E-state index is 12.9. The van der Waals surface area contributed by atoms with Gasteiger partial charge < -0.3 is 15.0 Å². The summed E-state index contributed by atoms with van der Waals surface area (Å²) >= 11 is 6.23. The van der Waals surface area contributed by atoms with Gasteiger partial charge >= 0.3 is 0 Å². The van der Waals surface area contributed by atoms with Crippen molar-refractivity contribution < 1.29 is 14.3 Å². The van der Waals surface area contributed by atoms with E-state index in [2.05, 4.69) is 5.32 Å². The highest BCUT2D eigenvalue weighted by atomic mass is 35.5. The van der Waals surface area contributed by atoms with Gasteiger partial charge in [-0.05, 0) is 36.2 Å². The Labute approximate surface area is 158 Å². The third-order valence-electron chi connectivity index (χ3n) is 4.23. The Morgan fingerprint density at radius 3 is 2.38 bits per heavy atom. The molecule has 6 heteroatoms. The van der Waals surface area contributed by atoms with Crippen LogP contribution in [0.25, 0.3) is 0 Å². The van der Waals surface area contributed by atoms with E-state index in [0.29, 0.717) is 5.02 Å². The van der Waals surface area contributed by atoms with Gasteiger partial charge in [0.15, 0.2) is 0 Å². The molecule has 0 fully saturated rings. The van der Waals surface area contributed by atoms with Crippen molar-refractivity contribution in [3.63, 3.8) is 0 Å². The number of nitrogens with one attached hydrogen (secondary N) is 1. The Morgan fingerprint density at radius 2 is 1.81 bits per heavy atom. The van der Waals surface area contributed by atoms with Gasteiger partial charge in [0.25, 0.3) is 0 Å². The molecule has 0 saturated heterocycles. The molecule has 0 radical (unpaired) electrons. The Kier molecular flexibility index (Phi) is 7.04. The smallest absolute Gasteiger partial charge is 0.242 e. The van der Waals surface area contributed by atoms with Crippen molar-refractivity contribution in [2.45, 2.75) is 25.9 Å². The first-order valence-corrected chi connectivity index (χ1v) is 8.71. The lowest BCUT2D eigenvalue weighted by Crippen LogP contribution is -2.47. The number of amides is 2. The quantitative estimate of drug-likeness (QED) is 0.810. The Balaban J connectivity index is 2.22. The predicted octanol–water partition coefficient (Wildman–Crippen LogP) is 3.05. The third-order valence-corrected chi connectivity index (χ3v) is 4.60. The van der Waals surface area contributed by atoms with Crippen LogP contribution in [0.5, 0.6) is 5.75 Å². The highest BCUT2D eigenvalue weighted by Crippen LogP contribution is 2.20. The van der Waals surface area contributed by atoms with Crippen molar-refractivity contribution in [3.8, 4) is 5.75 Å². The number of hydrogen-bond donors (Lipinski definition) is 1. The molecule has 2 aromatic carbocycles. The first-order valence-electron chi connectivity index (χ1n) is 8.33. The minimum Gasteiger partial charge on any atom is -0.497 e. The molecule has 0 aliphatic heterocycles. The van der Waals surface area contributed by atoms with Crippen molar-refractivity contribution in [2.75, 3.05) is 14.2 Å². The average Bonchev–Trinajstić information content (AvgIpc) is 2.66. The highest BCUT2D eigenvalue weighted by molar-refractivity contribution is 6.31. The van der Waals surface area contributed by atoms with Crippen molar-refractivity contribution in [3.05, 3.63) is 64.7 Å². The summed E-state index contributed by atoms with van der Waals surface area (Å²) in [7, 11) is 3.15. The number of nitrogens with zero attached hydrogens (tertiary/aromatic N) is 1. The van der Waals surface area contributed by atoms with Gasteiger partial charge in [0.05, 0.1) is 13.5 Å². The van der Waals surface area contributed by atoms with Crippen molar-refractivity contribution in [1.82, 2.24) is 10.2 Å². The molecule has 0 aromatic heterocycles. The summed E-state index contributed by atoms with van der Waals surface area (Å²) in [4.78, 5) is 26.6. The largest absolute Gasteiger partial charge is 0.497 e. The number of ether oxygens (including phenoxy) is 1. The zero-order valence-electron chi connectivity index (χ0n) is 15.2. The maximum absolute atomic E-state index is 12.9. The van der Waals surface area contributed by atoms with Crippen molar-refractivity contribution >= 4 is 23.4 Å². The number of likely N-dealkylation sites (N-methyl/N-ethyl adjacent to an activating group) is 1. The van der Waals surface area contributed by atoms with Gasteiger partial charge in [-0.15, -0.1) is 0 Å². The number of halogens is 1. The molecule has 0 aliphatic carbocycles. The number of carbonyl (C=O) groups excluding carboxylic acids is 2. The van der Waals surface area contributed by atoms with Crippen LogP contribution in [0.4, 0.5) is 0 Å². The molecule has 1 N–H and O–H groups in total. The van der Waals surface area contributed by atoms with E-state index in [4.69, 9.17) is 16.3 Å². The Morgan fingerprint density at radius 1 is 1.15 bits per heavy atom. The number of hydrogen-bond acceptors (Lipinski definition) is 3. The SMILES string of the molecule is CNC(=O)C(C)N(Cc1ccccc1Cl)C(=O)Cc1ccc(OC)cc1. The minimum absolute atomic E-state index is 0.147. The molecule has 2 amide bonds. The van der Waals surface area contributed by atoms with E-state index in [1.807, 2.05) is 42.5 Å². The maximum Gasteiger partial charge on any atom is 0.242 e. The van der Waals surface area contributed by atoms with Crippen LogP contribution in [0.15, 0.2) is 48.5 Å². The lowest BCUT2D eigenvalue weighted by Gasteiger charge is -2.28. The van der Waals surface area contributed by atoms with Gasteiger partial charge in [-0.25, -0.2) is 0 Å². The van der Waals surface area contributed by atoms with Gasteiger partial charge in [0, 0.05) is 18.6 Å². The van der Waals surface area contributed by atoms with E-state index >= 15 is 0 Å². The molecule has 0 spiro atoms. The van der Waals surface area contributed by atoms with Gasteiger partial charge in [0.2, 0.25) is 11.8 Å². The highest BCUT2D eigenvalue weighted by Gasteiger charge is 2.26. The first kappa shape index (κ1) is 19.8. The molecular weight excluding hydrogens is 352 g/mol. The van der Waals surface area contributed by atoms with Gasteiger partial charge in [-0.2, -0.15) is 0 Å². The summed E-state index contributed by atoms with van der Waals surface area (Å²) in [6, 6.07) is 14.0. The molecule has 2 rings (SSSR count). The third kappa shape index (κ3) is 4.99. The minimum atomic E-state index is -0.609. The fourth-order valence-electron chi connectivity index (χ4n) is 2.62. The van der Waals surface area contributed by atoms with Gasteiger partial charge in [-0.1, -0.05) is 41.9 Å². The number of methoxy groups -OCH3 is 1. The molecular formula is C20H23ClN2O3. The first-order chi connectivity index (χ1) is 12.5. The summed E-state index contributed by atoms with van der Waals surface area (Å²) in [5.41, 5.74) is 1.65. The van der Waals surface area contributed by atoms with Crippen LogP contribution < -0.4 is 10.1 Å². The summed E-state index contributed by atoms with van der Waals surface area (Å²) < 4.78 is 5.14. The molecule has 0 heterocycles. The Hall–Kier alpha value is -2.53. The Bertz CT molecular complexity index is 762. The van der Waals surface area contributed by atoms with Crippen LogP contribution in [0, 0.1) is 0 Å². The molecule has 138 valence electrons. The van der Waals surface area contributed by atoms with Gasteiger partial charge in [0.1, 0.15) is 11.8 Å². The van der Waals surface area contributed by atoms with E-state index in [-0.39, 0.29) is 24.8 Å². The van der Waals surface area contributed by atoms with Crippen LogP contribution in [-0.4, -0.2) is 36.9 Å². The monoisotopic (exact) mass is 374 g/mol. The molecule has 5 nitrogen and oxygen atoms in total. The number of rotatable bonds is 7. The predicted molar refractivity (Wildman–Crippen MR) is 102 cm³/mol. The van der Waals surface area contributed by atoms with Crippen LogP contribution >= 0.6 is 11.6 Å². The van der Waals surface area contributed by atoms with Crippen molar-refractivity contribution in [1.29, 1.82) is 0 Å². The summed E-state index contributed by atoms with van der Waals surface area (Å²) in [5.74, 6) is 0.360. The topological polar surface area (TPSA) is 58.6 Å². The molecule has 26 heavy (non-hydrogen) atoms.